The first-order chi connectivity index (χ1) is 7.32. The van der Waals surface area contributed by atoms with Gasteiger partial charge in [0.05, 0.1) is 18.6 Å². The first-order valence-corrected chi connectivity index (χ1v) is 5.11. The first-order valence-electron chi connectivity index (χ1n) is 5.11. The number of Topliss-reactive ketones (excluding diaryl/α,β-unsaturated/α-hetero) is 1. The number of aliphatic carboxylic acids is 1. The number of ketones is 1. The van der Waals surface area contributed by atoms with E-state index in [1.54, 1.807) is 0 Å². The zero-order valence-electron chi connectivity index (χ0n) is 9.17. The van der Waals surface area contributed by atoms with Crippen LogP contribution in [-0.2, 0) is 9.59 Å². The Balaban J connectivity index is 3.83. The van der Waals surface area contributed by atoms with Gasteiger partial charge in [-0.05, 0) is 13.3 Å². The summed E-state index contributed by atoms with van der Waals surface area (Å²) < 4.78 is 0. The van der Waals surface area contributed by atoms with Crippen LogP contribution < -0.4 is 0 Å². The Labute approximate surface area is 93.5 Å². The number of aliphatic hydroxyl groups excluding tert-OH is 3. The average Bonchev–Trinajstić information content (AvgIpc) is 2.11. The summed E-state index contributed by atoms with van der Waals surface area (Å²) in [5, 5.41) is 35.7. The maximum Gasteiger partial charge on any atom is 0.305 e. The fourth-order valence-electron chi connectivity index (χ4n) is 1.23. The zero-order chi connectivity index (χ0) is 12.7. The van der Waals surface area contributed by atoms with Gasteiger partial charge in [-0.1, -0.05) is 0 Å². The number of hydrogen-bond donors (Lipinski definition) is 4. The molecule has 0 aromatic rings. The lowest BCUT2D eigenvalue weighted by Crippen LogP contribution is -2.26. The summed E-state index contributed by atoms with van der Waals surface area (Å²) in [6, 6.07) is 0. The number of carbonyl (C=O) groups is 2. The fraction of sp³-hybridized carbons (Fsp3) is 0.800. The van der Waals surface area contributed by atoms with Gasteiger partial charge >= 0.3 is 5.97 Å². The van der Waals surface area contributed by atoms with Gasteiger partial charge in [-0.25, -0.2) is 0 Å². The molecule has 1 unspecified atom stereocenters. The van der Waals surface area contributed by atoms with Gasteiger partial charge in [0.1, 0.15) is 6.10 Å². The Morgan fingerprint density at radius 1 is 1.19 bits per heavy atom. The van der Waals surface area contributed by atoms with Crippen LogP contribution in [0, 0.1) is 0 Å². The topological polar surface area (TPSA) is 115 Å². The van der Waals surface area contributed by atoms with Crippen molar-refractivity contribution in [1.82, 2.24) is 0 Å². The van der Waals surface area contributed by atoms with Crippen LogP contribution >= 0.6 is 0 Å². The summed E-state index contributed by atoms with van der Waals surface area (Å²) >= 11 is 0. The molecule has 0 heterocycles. The van der Waals surface area contributed by atoms with Crippen molar-refractivity contribution in [3.63, 3.8) is 0 Å². The molecule has 0 aliphatic carbocycles. The molecule has 0 aliphatic rings. The van der Waals surface area contributed by atoms with Crippen LogP contribution in [0.1, 0.15) is 32.6 Å². The normalized spacial score (nSPS) is 16.5. The maximum atomic E-state index is 11.2. The minimum atomic E-state index is -1.25. The van der Waals surface area contributed by atoms with Crippen LogP contribution in [0.3, 0.4) is 0 Å². The molecule has 0 aliphatic heterocycles. The van der Waals surface area contributed by atoms with E-state index in [4.69, 9.17) is 15.3 Å². The van der Waals surface area contributed by atoms with Crippen molar-refractivity contribution in [3.05, 3.63) is 0 Å². The molecule has 16 heavy (non-hydrogen) atoms. The number of carboxylic acid groups (broad SMARTS) is 1. The molecule has 0 rings (SSSR count). The minimum absolute atomic E-state index is 0.00199. The molecule has 94 valence electrons. The second kappa shape index (κ2) is 7.32. The van der Waals surface area contributed by atoms with Gasteiger partial charge in [0.15, 0.2) is 5.78 Å². The highest BCUT2D eigenvalue weighted by Gasteiger charge is 2.19. The van der Waals surface area contributed by atoms with Gasteiger partial charge in [-0.3, -0.25) is 9.59 Å². The van der Waals surface area contributed by atoms with Gasteiger partial charge in [0.2, 0.25) is 0 Å². The number of carbonyl (C=O) groups excluding carboxylic acids is 1. The van der Waals surface area contributed by atoms with Crippen LogP contribution in [0.2, 0.25) is 0 Å². The molecule has 4 N–H and O–H groups in total. The van der Waals surface area contributed by atoms with Gasteiger partial charge < -0.3 is 20.4 Å². The first kappa shape index (κ1) is 15.0. The summed E-state index contributed by atoms with van der Waals surface area (Å²) in [4.78, 5) is 21.5. The molecule has 0 saturated carbocycles. The standard InChI is InChI=1S/C10H18O6/c1-6(11)4-9(14)8(13)3-2-7(12)5-10(15)16/h6-7,9,11-12,14H,2-5H2,1H3,(H,15,16)/t6-,7?,9+/m1/s1. The van der Waals surface area contributed by atoms with E-state index in [2.05, 4.69) is 0 Å². The molecule has 0 spiro atoms. The van der Waals surface area contributed by atoms with E-state index in [-0.39, 0.29) is 19.3 Å². The third-order valence-electron chi connectivity index (χ3n) is 2.07. The highest BCUT2D eigenvalue weighted by molar-refractivity contribution is 5.82. The molecule has 0 aromatic heterocycles. The number of aliphatic hydroxyl groups is 3. The molecular weight excluding hydrogens is 216 g/mol. The molecule has 6 nitrogen and oxygen atoms in total. The van der Waals surface area contributed by atoms with Crippen molar-refractivity contribution in [2.24, 2.45) is 0 Å². The molecule has 0 fully saturated rings. The van der Waals surface area contributed by atoms with E-state index in [9.17, 15) is 14.7 Å². The third-order valence-corrected chi connectivity index (χ3v) is 2.07. The molecule has 3 atom stereocenters. The number of hydrogen-bond acceptors (Lipinski definition) is 5. The zero-order valence-corrected chi connectivity index (χ0v) is 9.17. The van der Waals surface area contributed by atoms with E-state index in [0.717, 1.165) is 0 Å². The van der Waals surface area contributed by atoms with Crippen molar-refractivity contribution in [3.8, 4) is 0 Å². The molecule has 0 saturated heterocycles. The highest BCUT2D eigenvalue weighted by Crippen LogP contribution is 2.07. The van der Waals surface area contributed by atoms with E-state index >= 15 is 0 Å². The van der Waals surface area contributed by atoms with Crippen LogP contribution in [0.25, 0.3) is 0 Å². The summed E-state index contributed by atoms with van der Waals surface area (Å²) in [7, 11) is 0. The number of rotatable bonds is 8. The van der Waals surface area contributed by atoms with Crippen molar-refractivity contribution in [2.75, 3.05) is 0 Å². The van der Waals surface area contributed by atoms with Gasteiger partial charge in [0, 0.05) is 12.8 Å². The Kier molecular flexibility index (Phi) is 6.87. The second-order valence-corrected chi connectivity index (χ2v) is 3.86. The Hall–Kier alpha value is -0.980. The summed E-state index contributed by atoms with van der Waals surface area (Å²) in [6.45, 7) is 1.45. The van der Waals surface area contributed by atoms with Crippen LogP contribution in [0.5, 0.6) is 0 Å². The van der Waals surface area contributed by atoms with Crippen molar-refractivity contribution in [2.45, 2.75) is 50.9 Å². The molecule has 6 heteroatoms. The van der Waals surface area contributed by atoms with E-state index in [0.29, 0.717) is 0 Å². The van der Waals surface area contributed by atoms with Crippen molar-refractivity contribution < 1.29 is 30.0 Å². The van der Waals surface area contributed by atoms with Crippen LogP contribution in [-0.4, -0.2) is 50.5 Å². The molecular formula is C10H18O6. The Morgan fingerprint density at radius 2 is 1.75 bits per heavy atom. The third kappa shape index (κ3) is 7.33. The highest BCUT2D eigenvalue weighted by atomic mass is 16.4. The molecule has 0 radical (unpaired) electrons. The van der Waals surface area contributed by atoms with E-state index < -0.39 is 36.5 Å². The summed E-state index contributed by atoms with van der Waals surface area (Å²) in [5.41, 5.74) is 0. The smallest absolute Gasteiger partial charge is 0.305 e. The quantitative estimate of drug-likeness (QED) is 0.441. The summed E-state index contributed by atoms with van der Waals surface area (Å²) in [6.07, 6.45) is -3.67. The monoisotopic (exact) mass is 234 g/mol. The lowest BCUT2D eigenvalue weighted by Gasteiger charge is -2.12. The van der Waals surface area contributed by atoms with Crippen LogP contribution in [0.15, 0.2) is 0 Å². The van der Waals surface area contributed by atoms with Crippen molar-refractivity contribution >= 4 is 11.8 Å². The molecule has 0 amide bonds. The molecule has 0 bridgehead atoms. The summed E-state index contributed by atoms with van der Waals surface area (Å²) in [5.74, 6) is -1.63. The van der Waals surface area contributed by atoms with E-state index in [1.807, 2.05) is 0 Å². The second-order valence-electron chi connectivity index (χ2n) is 3.86. The lowest BCUT2D eigenvalue weighted by atomic mass is 10.0. The van der Waals surface area contributed by atoms with Gasteiger partial charge in [0.25, 0.3) is 0 Å². The Morgan fingerprint density at radius 3 is 2.19 bits per heavy atom. The minimum Gasteiger partial charge on any atom is -0.481 e. The lowest BCUT2D eigenvalue weighted by molar-refractivity contribution is -0.139. The van der Waals surface area contributed by atoms with E-state index in [1.165, 1.54) is 6.92 Å². The average molecular weight is 234 g/mol. The van der Waals surface area contributed by atoms with Crippen LogP contribution in [0.4, 0.5) is 0 Å². The van der Waals surface area contributed by atoms with Gasteiger partial charge in [-0.2, -0.15) is 0 Å². The largest absolute Gasteiger partial charge is 0.481 e. The van der Waals surface area contributed by atoms with Gasteiger partial charge in [-0.15, -0.1) is 0 Å². The SMILES string of the molecule is C[C@@H](O)C[C@H](O)C(=O)CCC(O)CC(=O)O. The van der Waals surface area contributed by atoms with Crippen molar-refractivity contribution in [1.29, 1.82) is 0 Å². The predicted molar refractivity (Wildman–Crippen MR) is 54.8 cm³/mol. The number of carboxylic acids is 1. The molecule has 0 aromatic carbocycles. The fourth-order valence-corrected chi connectivity index (χ4v) is 1.23. The predicted octanol–water partition coefficient (Wildman–Crippen LogP) is -0.697. The Bertz CT molecular complexity index is 237. The maximum absolute atomic E-state index is 11.2.